The van der Waals surface area contributed by atoms with E-state index in [1.165, 1.54) is 0 Å². The van der Waals surface area contributed by atoms with Crippen LogP contribution in [-0.4, -0.2) is 49.7 Å². The maximum atomic E-state index is 11.6. The fraction of sp³-hybridized carbons (Fsp3) is 0.182. The van der Waals surface area contributed by atoms with E-state index in [4.69, 9.17) is 10.2 Å². The molecule has 7 heteroatoms. The van der Waals surface area contributed by atoms with Crippen LogP contribution in [0, 0.1) is 11.8 Å². The Bertz CT molecular complexity index is 1400. The van der Waals surface area contributed by atoms with Crippen LogP contribution in [-0.2, 0) is 26.2 Å². The van der Waals surface area contributed by atoms with Crippen LogP contribution in [0.25, 0.3) is 0 Å². The van der Waals surface area contributed by atoms with E-state index in [1.54, 1.807) is 0 Å². The van der Waals surface area contributed by atoms with Gasteiger partial charge in [0, 0.05) is 39.4 Å². The summed E-state index contributed by atoms with van der Waals surface area (Å²) in [7, 11) is -5.76. The molecule has 0 aromatic heterocycles. The summed E-state index contributed by atoms with van der Waals surface area (Å²) in [6, 6.07) is 59.9. The van der Waals surface area contributed by atoms with Crippen LogP contribution in [0.1, 0.15) is 27.7 Å². The quantitative estimate of drug-likeness (QED) is 0.135. The molecule has 0 aliphatic rings. The molecule has 0 fully saturated rings. The van der Waals surface area contributed by atoms with Crippen molar-refractivity contribution in [1.82, 2.24) is 0 Å². The smallest absolute Gasteiger partial charge is 0.285 e. The van der Waals surface area contributed by atoms with Gasteiger partial charge in [-0.15, -0.1) is 0 Å². The summed E-state index contributed by atoms with van der Waals surface area (Å²) in [6.07, 6.45) is 0. The van der Waals surface area contributed by atoms with Gasteiger partial charge in [-0.25, -0.2) is 0 Å². The molecule has 0 heterocycles. The Morgan fingerprint density at radius 1 is 0.333 bits per heavy atom. The number of aliphatic hydroxyl groups is 2. The Kier molecular flexibility index (Phi) is 19.8. The monoisotopic (exact) mass is 790 g/mol. The third kappa shape index (κ3) is 12.9. The zero-order valence-corrected chi connectivity index (χ0v) is 34.6. The van der Waals surface area contributed by atoms with E-state index in [1.807, 2.05) is 210 Å². The molecule has 6 aromatic rings. The van der Waals surface area contributed by atoms with Crippen molar-refractivity contribution in [2.24, 2.45) is 11.8 Å². The first-order chi connectivity index (χ1) is 24.2. The Labute approximate surface area is 326 Å². The van der Waals surface area contributed by atoms with Gasteiger partial charge in [-0.2, -0.15) is 0 Å². The minimum absolute atomic E-state index is 0. The van der Waals surface area contributed by atoms with E-state index in [0.29, 0.717) is 25.0 Å². The van der Waals surface area contributed by atoms with Gasteiger partial charge in [0.1, 0.15) is 0 Å². The Morgan fingerprint density at radius 3 is 0.549 bits per heavy atom. The van der Waals surface area contributed by atoms with Crippen LogP contribution in [0.3, 0.4) is 0 Å². The van der Waals surface area contributed by atoms with Crippen molar-refractivity contribution in [2.45, 2.75) is 27.7 Å². The summed E-state index contributed by atoms with van der Waals surface area (Å²) >= 11 is 0. The maximum absolute atomic E-state index is 11.6. The van der Waals surface area contributed by atoms with Gasteiger partial charge in [0.2, 0.25) is 0 Å². The van der Waals surface area contributed by atoms with E-state index < -0.39 is 16.6 Å². The normalized spacial score (nSPS) is 10.7. The summed E-state index contributed by atoms with van der Waals surface area (Å²) in [6.45, 7) is 8.50. The molecule has 264 valence electrons. The molecule has 0 saturated heterocycles. The second-order valence-electron chi connectivity index (χ2n) is 12.8. The molecule has 0 atom stereocenters. The minimum Gasteiger partial charge on any atom is -0.421 e. The van der Waals surface area contributed by atoms with Crippen molar-refractivity contribution in [3.63, 3.8) is 0 Å². The molecule has 6 aromatic carbocycles. The van der Waals surface area contributed by atoms with Crippen molar-refractivity contribution in [2.75, 3.05) is 13.2 Å². The van der Waals surface area contributed by atoms with E-state index in [-0.39, 0.29) is 26.2 Å². The topological polar surface area (TPSA) is 80.9 Å². The predicted octanol–water partition coefficient (Wildman–Crippen LogP) is 4.56. The molecule has 0 saturated carbocycles. The summed E-state index contributed by atoms with van der Waals surface area (Å²) in [5.41, 5.74) is 0. The molecule has 0 spiro atoms. The molecule has 4 N–H and O–H groups in total. The molecule has 51 heavy (non-hydrogen) atoms. The van der Waals surface area contributed by atoms with Crippen molar-refractivity contribution < 1.29 is 46.0 Å². The van der Waals surface area contributed by atoms with Crippen LogP contribution in [0.15, 0.2) is 182 Å². The van der Waals surface area contributed by atoms with Crippen LogP contribution in [0.4, 0.5) is 0 Å². The average molecular weight is 792 g/mol. The van der Waals surface area contributed by atoms with Gasteiger partial charge in [-0.05, 0) is 43.0 Å². The van der Waals surface area contributed by atoms with Gasteiger partial charge in [-0.1, -0.05) is 210 Å². The molecule has 4 nitrogen and oxygen atoms in total. The Hall–Kier alpha value is -3.52. The average Bonchev–Trinajstić information content (AvgIpc) is 3.20. The summed E-state index contributed by atoms with van der Waals surface area (Å²) in [5, 5.41) is 22.4. The molecule has 0 bridgehead atoms. The first-order valence-electron chi connectivity index (χ1n) is 17.2. The molecule has 0 unspecified atom stereocenters. The van der Waals surface area contributed by atoms with Crippen molar-refractivity contribution >= 4 is 47.8 Å². The van der Waals surface area contributed by atoms with E-state index in [0.717, 1.165) is 31.1 Å². The molecular formula is C44H52O4Si2Zr. The second kappa shape index (κ2) is 23.1. The third-order valence-corrected chi connectivity index (χ3v) is 14.9. The van der Waals surface area contributed by atoms with E-state index >= 15 is 0 Å². The summed E-state index contributed by atoms with van der Waals surface area (Å²) in [5.74, 6) is 0.880. The maximum Gasteiger partial charge on any atom is 0.285 e. The van der Waals surface area contributed by atoms with Crippen LogP contribution >= 0.6 is 0 Å². The largest absolute Gasteiger partial charge is 0.421 e. The standard InChI is InChI=1S/2C18H16OSi.2C4H10O.Zr/c2*19-20(16-10-4-1-5-11-16,17-12-6-2-7-13-17)18-14-8-3-9-15-18;2*1-4(2)3-5;/h2*1-15,19H;2*4-5H,3H2,1-2H3;. The zero-order chi connectivity index (χ0) is 36.2. The fourth-order valence-electron chi connectivity index (χ4n) is 5.08. The zero-order valence-electron chi connectivity index (χ0n) is 30.2. The predicted molar refractivity (Wildman–Crippen MR) is 216 cm³/mol. The van der Waals surface area contributed by atoms with Crippen LogP contribution in [0.5, 0.6) is 0 Å². The number of benzene rings is 6. The van der Waals surface area contributed by atoms with Crippen LogP contribution in [0.2, 0.25) is 0 Å². The summed E-state index contributed by atoms with van der Waals surface area (Å²) < 4.78 is 0. The summed E-state index contributed by atoms with van der Waals surface area (Å²) in [4.78, 5) is 23.1. The van der Waals surface area contributed by atoms with Gasteiger partial charge in [-0.3, -0.25) is 0 Å². The van der Waals surface area contributed by atoms with Gasteiger partial charge in [0.05, 0.1) is 0 Å². The molecule has 0 radical (unpaired) electrons. The second-order valence-corrected chi connectivity index (χ2v) is 19.1. The SMILES string of the molecule is CC(C)CO.CC(C)CO.O[Si](c1ccccc1)(c1ccccc1)c1ccccc1.O[Si](c1ccccc1)(c1ccccc1)c1ccccc1.[Zr]. The van der Waals surface area contributed by atoms with Gasteiger partial charge in [0.25, 0.3) is 16.6 Å². The molecule has 6 rings (SSSR count). The van der Waals surface area contributed by atoms with Gasteiger partial charge >= 0.3 is 0 Å². The van der Waals surface area contributed by atoms with Crippen molar-refractivity contribution in [3.05, 3.63) is 182 Å². The first kappa shape index (κ1) is 43.6. The minimum atomic E-state index is -2.88. The fourth-order valence-corrected chi connectivity index (χ4v) is 11.1. The van der Waals surface area contributed by atoms with Gasteiger partial charge in [0.15, 0.2) is 0 Å². The van der Waals surface area contributed by atoms with Crippen molar-refractivity contribution in [3.8, 4) is 0 Å². The first-order valence-corrected chi connectivity index (χ1v) is 21.1. The molecule has 0 amide bonds. The Morgan fingerprint density at radius 2 is 0.451 bits per heavy atom. The number of hydrogen-bond donors (Lipinski definition) is 4. The molecule has 0 aliphatic carbocycles. The van der Waals surface area contributed by atoms with E-state index in [9.17, 15) is 9.59 Å². The Balaban J connectivity index is 0.000000276. The van der Waals surface area contributed by atoms with Crippen molar-refractivity contribution in [1.29, 1.82) is 0 Å². The molecular weight excluding hydrogens is 740 g/mol. The van der Waals surface area contributed by atoms with Gasteiger partial charge < -0.3 is 19.8 Å². The number of hydrogen-bond acceptors (Lipinski definition) is 4. The number of rotatable bonds is 8. The molecule has 0 aliphatic heterocycles. The third-order valence-electron chi connectivity index (χ3n) is 7.88. The van der Waals surface area contributed by atoms with E-state index in [2.05, 4.69) is 0 Å². The number of aliphatic hydroxyl groups excluding tert-OH is 2. The van der Waals surface area contributed by atoms with Crippen LogP contribution < -0.4 is 31.1 Å².